The number of hydrogen-bond acceptors (Lipinski definition) is 6. The molecule has 180 valence electrons. The molecule has 0 saturated heterocycles. The van der Waals surface area contributed by atoms with Gasteiger partial charge in [-0.05, 0) is 49.8 Å². The number of amides is 1. The van der Waals surface area contributed by atoms with Gasteiger partial charge in [-0.3, -0.25) is 5.10 Å². The molecule has 3 aliphatic heterocycles. The zero-order valence-corrected chi connectivity index (χ0v) is 19.2. The van der Waals surface area contributed by atoms with Gasteiger partial charge < -0.3 is 15.4 Å². The topological polar surface area (TPSA) is 125 Å². The fourth-order valence-electron chi connectivity index (χ4n) is 4.14. The van der Waals surface area contributed by atoms with Crippen molar-refractivity contribution >= 4 is 27.6 Å². The molecule has 0 unspecified atom stereocenters. The van der Waals surface area contributed by atoms with Crippen molar-refractivity contribution < 1.29 is 22.3 Å². The van der Waals surface area contributed by atoms with Gasteiger partial charge in [0.2, 0.25) is 10.0 Å². The number of benzene rings is 1. The molecule has 1 saturated carbocycles. The number of nitrogens with zero attached hydrogens (tertiary/aromatic N) is 1. The number of sulfonamides is 1. The highest BCUT2D eigenvalue weighted by atomic mass is 32.2. The molecule has 6 rings (SSSR count). The number of alkyl carbamates (subject to hydrolysis) is 1. The molecule has 0 spiro atoms. The second-order valence-corrected chi connectivity index (χ2v) is 10.5. The van der Waals surface area contributed by atoms with Crippen LogP contribution < -0.4 is 15.4 Å². The highest BCUT2D eigenvalue weighted by molar-refractivity contribution is 7.89. The summed E-state index contributed by atoms with van der Waals surface area (Å²) in [6.45, 7) is 1.24. The van der Waals surface area contributed by atoms with Crippen LogP contribution in [-0.2, 0) is 14.8 Å². The molecule has 4 heterocycles. The second kappa shape index (κ2) is 10.5. The number of halogens is 1. The van der Waals surface area contributed by atoms with Crippen molar-refractivity contribution in [2.45, 2.75) is 55.8 Å². The predicted molar refractivity (Wildman–Crippen MR) is 121 cm³/mol. The number of H-pyrrole nitrogens is 1. The number of anilines is 2. The highest BCUT2D eigenvalue weighted by Gasteiger charge is 2.32. The molecule has 33 heavy (non-hydrogen) atoms. The number of aromatic amines is 1. The zero-order valence-electron chi connectivity index (χ0n) is 18.4. The molecule has 1 fully saturated rings. The predicted octanol–water partition coefficient (Wildman–Crippen LogP) is 3.75. The summed E-state index contributed by atoms with van der Waals surface area (Å²) in [6.07, 6.45) is 5.62. The molecule has 4 aliphatic rings. The Bertz CT molecular complexity index is 1070. The van der Waals surface area contributed by atoms with Crippen LogP contribution >= 0.6 is 0 Å². The molecule has 0 radical (unpaired) electrons. The summed E-state index contributed by atoms with van der Waals surface area (Å²) in [5.74, 6) is 0.368. The van der Waals surface area contributed by atoms with Crippen LogP contribution in [0.3, 0.4) is 0 Å². The van der Waals surface area contributed by atoms with E-state index in [2.05, 4.69) is 25.6 Å². The van der Waals surface area contributed by atoms with E-state index < -0.39 is 15.8 Å². The van der Waals surface area contributed by atoms with Gasteiger partial charge in [0.15, 0.2) is 5.82 Å². The van der Waals surface area contributed by atoms with Crippen molar-refractivity contribution in [1.29, 1.82) is 0 Å². The van der Waals surface area contributed by atoms with E-state index in [9.17, 15) is 17.6 Å². The van der Waals surface area contributed by atoms with Gasteiger partial charge in [-0.2, -0.15) is 5.10 Å². The van der Waals surface area contributed by atoms with E-state index in [1.54, 1.807) is 0 Å². The van der Waals surface area contributed by atoms with Gasteiger partial charge in [0.05, 0.1) is 17.2 Å². The first kappa shape index (κ1) is 23.5. The van der Waals surface area contributed by atoms with Gasteiger partial charge in [0, 0.05) is 30.8 Å². The summed E-state index contributed by atoms with van der Waals surface area (Å²) in [5, 5.41) is 12.8. The van der Waals surface area contributed by atoms with E-state index in [1.807, 2.05) is 6.07 Å². The molecule has 0 atom stereocenters. The van der Waals surface area contributed by atoms with Crippen molar-refractivity contribution in [2.24, 2.45) is 5.92 Å². The van der Waals surface area contributed by atoms with Gasteiger partial charge in [0.25, 0.3) is 0 Å². The molecule has 6 bridgehead atoms. The maximum absolute atomic E-state index is 14.6. The van der Waals surface area contributed by atoms with Crippen molar-refractivity contribution in [2.75, 3.05) is 25.0 Å². The lowest BCUT2D eigenvalue weighted by atomic mass is 9.74. The first-order valence-electron chi connectivity index (χ1n) is 11.4. The molecule has 1 aromatic heterocycles. The van der Waals surface area contributed by atoms with Gasteiger partial charge in [-0.1, -0.05) is 19.3 Å². The maximum atomic E-state index is 14.6. The third-order valence-electron chi connectivity index (χ3n) is 6.15. The number of carbonyl (C=O) groups is 1. The Morgan fingerprint density at radius 1 is 1.03 bits per heavy atom. The van der Waals surface area contributed by atoms with Gasteiger partial charge in [0.1, 0.15) is 5.82 Å². The standard InChI is InChI=1S/C22H30FN5O4S/c23-18-12-17-6-7-19(18)26-21-13-20(27-28-21)16-10-15(11-16)14-32-22(29)24-8-4-2-1-3-5-9-25-33(17,30)31/h6-7,12-13,15-16,25H,1-5,8-11,14H2,(H,24,29)(H2,26,27,28). The zero-order chi connectivity index (χ0) is 23.3. The van der Waals surface area contributed by atoms with Crippen molar-refractivity contribution in [1.82, 2.24) is 20.2 Å². The van der Waals surface area contributed by atoms with E-state index in [0.29, 0.717) is 31.3 Å². The number of aromatic nitrogens is 2. The smallest absolute Gasteiger partial charge is 0.407 e. The second-order valence-electron chi connectivity index (χ2n) is 8.70. The first-order chi connectivity index (χ1) is 15.9. The lowest BCUT2D eigenvalue weighted by Gasteiger charge is -2.33. The van der Waals surface area contributed by atoms with Crippen molar-refractivity contribution in [3.8, 4) is 0 Å². The third-order valence-corrected chi connectivity index (χ3v) is 7.61. The van der Waals surface area contributed by atoms with Gasteiger partial charge in [-0.15, -0.1) is 0 Å². The molecule has 2 aromatic rings. The molecule has 4 N–H and O–H groups in total. The Balaban J connectivity index is 1.43. The fraction of sp³-hybridized carbons (Fsp3) is 0.545. The Morgan fingerprint density at radius 2 is 1.79 bits per heavy atom. The Morgan fingerprint density at radius 3 is 2.58 bits per heavy atom. The monoisotopic (exact) mass is 479 g/mol. The Kier molecular flexibility index (Phi) is 7.49. The number of hydrogen-bond donors (Lipinski definition) is 4. The lowest BCUT2D eigenvalue weighted by molar-refractivity contribution is 0.0938. The summed E-state index contributed by atoms with van der Waals surface area (Å²) < 4.78 is 47.4. The quantitative estimate of drug-likeness (QED) is 0.456. The van der Waals surface area contributed by atoms with E-state index >= 15 is 0 Å². The lowest BCUT2D eigenvalue weighted by Crippen LogP contribution is -2.31. The van der Waals surface area contributed by atoms with Crippen LogP contribution in [0.4, 0.5) is 20.7 Å². The number of nitrogens with one attached hydrogen (secondary N) is 4. The average molecular weight is 480 g/mol. The van der Waals surface area contributed by atoms with E-state index in [0.717, 1.165) is 50.3 Å². The SMILES string of the molecule is O=C1NCCCCCCCNS(=O)(=O)c2ccc(c(F)c2)Nc2cc([nH]n2)C2CC(CO1)C2. The van der Waals surface area contributed by atoms with Crippen LogP contribution in [0.15, 0.2) is 29.2 Å². The minimum Gasteiger partial charge on any atom is -0.449 e. The van der Waals surface area contributed by atoms with Crippen LogP contribution in [-0.4, -0.2) is 44.4 Å². The maximum Gasteiger partial charge on any atom is 0.407 e. The van der Waals surface area contributed by atoms with Crippen LogP contribution in [0, 0.1) is 11.7 Å². The number of fused-ring (bicyclic) bond motifs is 1. The van der Waals surface area contributed by atoms with Crippen LogP contribution in [0.1, 0.15) is 56.6 Å². The normalized spacial score (nSPS) is 24.5. The largest absolute Gasteiger partial charge is 0.449 e. The van der Waals surface area contributed by atoms with Crippen LogP contribution in [0.2, 0.25) is 0 Å². The molecule has 1 aromatic carbocycles. The Labute approximate surface area is 192 Å². The first-order valence-corrected chi connectivity index (χ1v) is 12.9. The molecular formula is C22H30FN5O4S. The summed E-state index contributed by atoms with van der Waals surface area (Å²) in [4.78, 5) is 11.7. The number of rotatable bonds is 0. The number of ether oxygens (including phenoxy) is 1. The molecule has 1 amide bonds. The van der Waals surface area contributed by atoms with E-state index in [-0.39, 0.29) is 29.1 Å². The summed E-state index contributed by atoms with van der Waals surface area (Å²) in [7, 11) is -3.79. The van der Waals surface area contributed by atoms with E-state index in [1.165, 1.54) is 12.1 Å². The summed E-state index contributed by atoms with van der Waals surface area (Å²) in [6, 6.07) is 5.61. The molecule has 1 aliphatic carbocycles. The van der Waals surface area contributed by atoms with Gasteiger partial charge >= 0.3 is 6.09 Å². The average Bonchev–Trinajstić information content (AvgIpc) is 3.20. The highest BCUT2D eigenvalue weighted by Crippen LogP contribution is 2.41. The van der Waals surface area contributed by atoms with Crippen molar-refractivity contribution in [3.63, 3.8) is 0 Å². The molecule has 9 nitrogen and oxygen atoms in total. The number of carbonyl (C=O) groups excluding carboxylic acids is 1. The molecular weight excluding hydrogens is 449 g/mol. The third kappa shape index (κ3) is 6.23. The van der Waals surface area contributed by atoms with Crippen LogP contribution in [0.5, 0.6) is 0 Å². The van der Waals surface area contributed by atoms with E-state index in [4.69, 9.17) is 4.74 Å². The minimum absolute atomic E-state index is 0.110. The minimum atomic E-state index is -3.79. The van der Waals surface area contributed by atoms with Crippen molar-refractivity contribution in [3.05, 3.63) is 35.8 Å². The molecule has 11 heteroatoms. The fourth-order valence-corrected chi connectivity index (χ4v) is 5.23. The van der Waals surface area contributed by atoms with Crippen LogP contribution in [0.25, 0.3) is 0 Å². The summed E-state index contributed by atoms with van der Waals surface area (Å²) >= 11 is 0. The summed E-state index contributed by atoms with van der Waals surface area (Å²) in [5.41, 5.74) is 1.07. The Hall–Kier alpha value is -2.66. The van der Waals surface area contributed by atoms with Gasteiger partial charge in [-0.25, -0.2) is 22.3 Å².